The number of urea groups is 1. The van der Waals surface area contributed by atoms with E-state index < -0.39 is 17.8 Å². The van der Waals surface area contributed by atoms with Gasteiger partial charge in [-0.05, 0) is 35.4 Å². The number of carbonyl (C=O) groups is 1. The van der Waals surface area contributed by atoms with E-state index in [-0.39, 0.29) is 18.1 Å². The van der Waals surface area contributed by atoms with Crippen LogP contribution in [0.5, 0.6) is 0 Å². The van der Waals surface area contributed by atoms with E-state index in [1.807, 2.05) is 0 Å². The number of nitrogens with zero attached hydrogens (tertiary/aromatic N) is 7. The van der Waals surface area contributed by atoms with Gasteiger partial charge in [0.1, 0.15) is 17.7 Å². The molecule has 0 bridgehead atoms. The van der Waals surface area contributed by atoms with Crippen molar-refractivity contribution in [3.8, 4) is 17.2 Å². The molecule has 2 amide bonds. The summed E-state index contributed by atoms with van der Waals surface area (Å²) in [5.41, 5.74) is 9.51. The summed E-state index contributed by atoms with van der Waals surface area (Å²) in [7, 11) is 1.49. The molecular weight excluding hydrogens is 539 g/mol. The molecule has 0 atom stereocenters. The van der Waals surface area contributed by atoms with Gasteiger partial charge in [0.2, 0.25) is 0 Å². The van der Waals surface area contributed by atoms with Gasteiger partial charge in [0.15, 0.2) is 5.82 Å². The van der Waals surface area contributed by atoms with Crippen molar-refractivity contribution in [3.63, 3.8) is 0 Å². The number of fused-ring (bicyclic) bond motifs is 1. The Balaban J connectivity index is 1.45. The smallest absolute Gasteiger partial charge is 0.382 e. The second-order valence-corrected chi connectivity index (χ2v) is 9.39. The van der Waals surface area contributed by atoms with Gasteiger partial charge in [-0.2, -0.15) is 23.5 Å². The fourth-order valence-electron chi connectivity index (χ4n) is 4.77. The molecule has 0 aliphatic carbocycles. The van der Waals surface area contributed by atoms with Gasteiger partial charge in [-0.3, -0.25) is 15.1 Å². The van der Waals surface area contributed by atoms with Crippen LogP contribution in [0.4, 0.5) is 35.3 Å². The molecule has 4 aromatic rings. The van der Waals surface area contributed by atoms with Gasteiger partial charge in [0, 0.05) is 44.1 Å². The molecule has 4 heterocycles. The van der Waals surface area contributed by atoms with Crippen LogP contribution in [0.15, 0.2) is 48.9 Å². The van der Waals surface area contributed by atoms with Crippen LogP contribution in [0.1, 0.15) is 16.8 Å². The van der Waals surface area contributed by atoms with E-state index in [4.69, 9.17) is 10.5 Å². The molecular formula is C27H26F3N9O2. The van der Waals surface area contributed by atoms with Crippen LogP contribution < -0.4 is 16.0 Å². The van der Waals surface area contributed by atoms with Crippen molar-refractivity contribution in [1.82, 2.24) is 24.5 Å². The van der Waals surface area contributed by atoms with Gasteiger partial charge in [0.25, 0.3) is 0 Å². The SMILES string of the molecule is CN(C(=O)Nc1cc(C(F)(F)F)ccn1)c1ccc(-c2c(CC#N)c(CN3CCOCC3)n3ncnc(N)c23)cc1. The average molecular weight is 566 g/mol. The second kappa shape index (κ2) is 11.4. The highest BCUT2D eigenvalue weighted by molar-refractivity contribution is 6.01. The van der Waals surface area contributed by atoms with Crippen LogP contribution in [0.2, 0.25) is 0 Å². The Labute approximate surface area is 233 Å². The van der Waals surface area contributed by atoms with Crippen molar-refractivity contribution < 1.29 is 22.7 Å². The minimum atomic E-state index is -4.56. The predicted octanol–water partition coefficient (Wildman–Crippen LogP) is 3.96. The highest BCUT2D eigenvalue weighted by Gasteiger charge is 2.31. The number of hydrogen-bond acceptors (Lipinski definition) is 8. The van der Waals surface area contributed by atoms with Gasteiger partial charge in [0.05, 0.1) is 37.0 Å². The number of carbonyl (C=O) groups excluding carboxylic acids is 1. The lowest BCUT2D eigenvalue weighted by atomic mass is 9.98. The number of nitriles is 1. The molecule has 0 unspecified atom stereocenters. The zero-order valence-corrected chi connectivity index (χ0v) is 22.0. The topological polar surface area (TPSA) is 138 Å². The molecule has 5 rings (SSSR count). The summed E-state index contributed by atoms with van der Waals surface area (Å²) >= 11 is 0. The summed E-state index contributed by atoms with van der Waals surface area (Å²) in [5, 5.41) is 16.5. The van der Waals surface area contributed by atoms with Crippen molar-refractivity contribution in [2.24, 2.45) is 0 Å². The fraction of sp³-hybridized carbons (Fsp3) is 0.296. The van der Waals surface area contributed by atoms with Gasteiger partial charge in [-0.15, -0.1) is 0 Å². The molecule has 11 nitrogen and oxygen atoms in total. The number of amides is 2. The molecule has 0 saturated carbocycles. The molecule has 1 aliphatic heterocycles. The van der Waals surface area contributed by atoms with Gasteiger partial charge in [-0.25, -0.2) is 19.3 Å². The lowest BCUT2D eigenvalue weighted by Gasteiger charge is -2.26. The monoisotopic (exact) mass is 565 g/mol. The maximum atomic E-state index is 13.0. The van der Waals surface area contributed by atoms with Crippen molar-refractivity contribution in [1.29, 1.82) is 5.26 Å². The van der Waals surface area contributed by atoms with Crippen molar-refractivity contribution >= 4 is 28.9 Å². The first-order valence-corrected chi connectivity index (χ1v) is 12.7. The van der Waals surface area contributed by atoms with E-state index in [9.17, 15) is 23.2 Å². The van der Waals surface area contributed by atoms with E-state index in [1.165, 1.54) is 18.3 Å². The summed E-state index contributed by atoms with van der Waals surface area (Å²) in [6.07, 6.45) is -2.09. The third-order valence-electron chi connectivity index (χ3n) is 6.86. The largest absolute Gasteiger partial charge is 0.416 e. The number of nitrogens with two attached hydrogens (primary N) is 1. The zero-order valence-electron chi connectivity index (χ0n) is 22.0. The number of halogens is 3. The standard InChI is InChI=1S/C27H26F3N9O2/c1-37(26(40)36-22-14-18(7-9-33-22)27(28,29)30)19-4-2-17(3-5-19)23-20(6-8-31)21(15-38-10-12-41-13-11-38)39-24(23)25(32)34-16-35-39/h2-5,7,9,14,16H,6,10-13,15H2,1H3,(H2,32,34,35)(H,33,36,40). The number of pyridine rings is 1. The molecule has 3 N–H and O–H groups in total. The third kappa shape index (κ3) is 5.76. The van der Waals surface area contributed by atoms with E-state index in [0.29, 0.717) is 31.0 Å². The number of aromatic nitrogens is 4. The molecule has 1 fully saturated rings. The fourth-order valence-corrected chi connectivity index (χ4v) is 4.77. The van der Waals surface area contributed by atoms with E-state index >= 15 is 0 Å². The van der Waals surface area contributed by atoms with E-state index in [0.717, 1.165) is 53.8 Å². The minimum absolute atomic E-state index is 0.117. The first kappa shape index (κ1) is 27.8. The second-order valence-electron chi connectivity index (χ2n) is 9.39. The van der Waals surface area contributed by atoms with Crippen LogP contribution in [0.3, 0.4) is 0 Å². The van der Waals surface area contributed by atoms with Crippen LogP contribution in [0, 0.1) is 11.3 Å². The highest BCUT2D eigenvalue weighted by Crippen LogP contribution is 2.37. The number of morpholine rings is 1. The summed E-state index contributed by atoms with van der Waals surface area (Å²) < 4.78 is 46.3. The Morgan fingerprint density at radius 2 is 1.93 bits per heavy atom. The van der Waals surface area contributed by atoms with Crippen molar-refractivity contribution in [2.75, 3.05) is 49.3 Å². The lowest BCUT2D eigenvalue weighted by Crippen LogP contribution is -2.36. The normalized spacial score (nSPS) is 14.1. The molecule has 0 spiro atoms. The van der Waals surface area contributed by atoms with Crippen molar-refractivity contribution in [3.05, 3.63) is 65.7 Å². The number of benzene rings is 1. The number of nitrogen functional groups attached to an aromatic ring is 1. The molecule has 0 radical (unpaired) electrons. The molecule has 41 heavy (non-hydrogen) atoms. The van der Waals surface area contributed by atoms with Crippen LogP contribution >= 0.6 is 0 Å². The first-order chi connectivity index (χ1) is 19.7. The molecule has 3 aromatic heterocycles. The first-order valence-electron chi connectivity index (χ1n) is 12.7. The lowest BCUT2D eigenvalue weighted by molar-refractivity contribution is -0.137. The van der Waals surface area contributed by atoms with Gasteiger partial charge < -0.3 is 10.5 Å². The molecule has 1 aromatic carbocycles. The number of alkyl halides is 3. The Hall–Kier alpha value is -4.74. The molecule has 1 aliphatic rings. The molecule has 212 valence electrons. The van der Waals surface area contributed by atoms with Gasteiger partial charge >= 0.3 is 12.2 Å². The van der Waals surface area contributed by atoms with E-state index in [2.05, 4.69) is 31.4 Å². The number of rotatable bonds is 6. The quantitative estimate of drug-likeness (QED) is 0.358. The Bertz CT molecular complexity index is 1610. The van der Waals surface area contributed by atoms with Crippen molar-refractivity contribution in [2.45, 2.75) is 19.1 Å². The maximum Gasteiger partial charge on any atom is 0.416 e. The predicted molar refractivity (Wildman–Crippen MR) is 145 cm³/mol. The number of anilines is 3. The van der Waals surface area contributed by atoms with Crippen LogP contribution in [0.25, 0.3) is 16.6 Å². The van der Waals surface area contributed by atoms with E-state index in [1.54, 1.807) is 28.8 Å². The maximum absolute atomic E-state index is 13.0. The Morgan fingerprint density at radius 3 is 2.61 bits per heavy atom. The Morgan fingerprint density at radius 1 is 1.20 bits per heavy atom. The minimum Gasteiger partial charge on any atom is -0.382 e. The highest BCUT2D eigenvalue weighted by atomic mass is 19.4. The number of ether oxygens (including phenoxy) is 1. The summed E-state index contributed by atoms with van der Waals surface area (Å²) in [5.74, 6) is 0.0366. The van der Waals surface area contributed by atoms with Crippen LogP contribution in [-0.2, 0) is 23.9 Å². The third-order valence-corrected chi connectivity index (χ3v) is 6.86. The summed E-state index contributed by atoms with van der Waals surface area (Å²) in [6, 6.07) is 10.1. The number of hydrogen-bond donors (Lipinski definition) is 2. The zero-order chi connectivity index (χ0) is 29.1. The Kier molecular flexibility index (Phi) is 7.73. The van der Waals surface area contributed by atoms with Gasteiger partial charge in [-0.1, -0.05) is 12.1 Å². The molecule has 1 saturated heterocycles. The average Bonchev–Trinajstić information content (AvgIpc) is 3.27. The van der Waals surface area contributed by atoms with Crippen LogP contribution in [-0.4, -0.2) is 63.9 Å². The molecule has 14 heteroatoms. The number of nitrogens with one attached hydrogen (secondary N) is 1. The summed E-state index contributed by atoms with van der Waals surface area (Å²) in [6.45, 7) is 3.27. The summed E-state index contributed by atoms with van der Waals surface area (Å²) in [4.78, 5) is 24.3.